The Bertz CT molecular complexity index is 2630. The molecule has 2 atom stereocenters. The van der Waals surface area contributed by atoms with E-state index >= 15 is 0 Å². The van der Waals surface area contributed by atoms with E-state index in [4.69, 9.17) is 15.3 Å². The lowest BCUT2D eigenvalue weighted by Crippen LogP contribution is -2.39. The number of rotatable bonds is 13. The molecular formula is C53H43N5O2. The average Bonchev–Trinajstić information content (AvgIpc) is 3.75. The van der Waals surface area contributed by atoms with Gasteiger partial charge in [0.15, 0.2) is 5.65 Å². The van der Waals surface area contributed by atoms with Gasteiger partial charge in [0.2, 0.25) is 0 Å². The summed E-state index contributed by atoms with van der Waals surface area (Å²) in [6.07, 6.45) is 0. The third kappa shape index (κ3) is 6.60. The molecule has 0 aliphatic carbocycles. The number of aromatic nitrogens is 4. The maximum absolute atomic E-state index is 13.1. The molecule has 2 heterocycles. The molecule has 7 heteroatoms. The van der Waals surface area contributed by atoms with Gasteiger partial charge in [-0.25, -0.2) is 9.67 Å². The summed E-state index contributed by atoms with van der Waals surface area (Å²) in [4.78, 5) is 18.7. The van der Waals surface area contributed by atoms with Gasteiger partial charge in [0, 0.05) is 5.92 Å². The number of anilines is 1. The first-order chi connectivity index (χ1) is 29.5. The topological polar surface area (TPSA) is 92.9 Å². The molecule has 9 aromatic rings. The second-order valence-corrected chi connectivity index (χ2v) is 15.1. The van der Waals surface area contributed by atoms with Crippen LogP contribution in [0.1, 0.15) is 57.3 Å². The summed E-state index contributed by atoms with van der Waals surface area (Å²) in [6.45, 7) is 1.76. The second kappa shape index (κ2) is 16.3. The van der Waals surface area contributed by atoms with Crippen molar-refractivity contribution >= 4 is 23.0 Å². The lowest BCUT2D eigenvalue weighted by atomic mass is 9.76. The van der Waals surface area contributed by atoms with Gasteiger partial charge in [-0.15, -0.1) is 5.10 Å². The molecular weight excluding hydrogens is 739 g/mol. The minimum absolute atomic E-state index is 0.494. The largest absolute Gasteiger partial charge is 0.481 e. The molecule has 0 aliphatic heterocycles. The Balaban J connectivity index is 1.42. The molecule has 7 nitrogen and oxygen atoms in total. The van der Waals surface area contributed by atoms with Crippen LogP contribution in [-0.4, -0.2) is 31.1 Å². The van der Waals surface area contributed by atoms with Gasteiger partial charge in [0.05, 0.1) is 5.92 Å². The summed E-state index contributed by atoms with van der Waals surface area (Å²) in [5.74, 6) is -1.84. The summed E-state index contributed by atoms with van der Waals surface area (Å²) in [7, 11) is 0. The molecule has 0 spiro atoms. The predicted molar refractivity (Wildman–Crippen MR) is 238 cm³/mol. The highest BCUT2D eigenvalue weighted by Gasteiger charge is 2.43. The van der Waals surface area contributed by atoms with Crippen molar-refractivity contribution in [3.05, 3.63) is 263 Å². The summed E-state index contributed by atoms with van der Waals surface area (Å²) in [5.41, 5.74) is 6.46. The molecule has 0 fully saturated rings. The Kier molecular flexibility index (Phi) is 10.3. The van der Waals surface area contributed by atoms with Crippen molar-refractivity contribution < 1.29 is 9.90 Å². The number of carboxylic acids is 1. The van der Waals surface area contributed by atoms with Gasteiger partial charge in [-0.3, -0.25) is 4.79 Å². The van der Waals surface area contributed by atoms with Crippen molar-refractivity contribution in [2.75, 3.05) is 5.32 Å². The molecule has 9 rings (SSSR count). The van der Waals surface area contributed by atoms with Crippen molar-refractivity contribution in [3.8, 4) is 0 Å². The van der Waals surface area contributed by atoms with Crippen molar-refractivity contribution in [3.63, 3.8) is 0 Å². The van der Waals surface area contributed by atoms with Crippen molar-refractivity contribution in [1.82, 2.24) is 20.0 Å². The van der Waals surface area contributed by atoms with Crippen LogP contribution in [0, 0.1) is 5.92 Å². The van der Waals surface area contributed by atoms with Crippen molar-refractivity contribution in [2.24, 2.45) is 5.92 Å². The van der Waals surface area contributed by atoms with Gasteiger partial charge in [-0.1, -0.05) is 224 Å². The van der Waals surface area contributed by atoms with Crippen LogP contribution in [0.25, 0.3) is 11.2 Å². The van der Waals surface area contributed by atoms with Gasteiger partial charge in [0.1, 0.15) is 22.4 Å². The predicted octanol–water partition coefficient (Wildman–Crippen LogP) is 10.9. The highest BCUT2D eigenvalue weighted by Crippen LogP contribution is 2.45. The fourth-order valence-electron chi connectivity index (χ4n) is 8.87. The zero-order valence-corrected chi connectivity index (χ0v) is 33.1. The number of benzene rings is 7. The monoisotopic (exact) mass is 781 g/mol. The van der Waals surface area contributed by atoms with E-state index in [1.54, 1.807) is 6.92 Å². The fourth-order valence-corrected chi connectivity index (χ4v) is 8.87. The van der Waals surface area contributed by atoms with Crippen LogP contribution < -0.4 is 5.32 Å². The number of nitrogens with one attached hydrogen (secondary N) is 1. The second-order valence-electron chi connectivity index (χ2n) is 15.1. The molecule has 0 radical (unpaired) electrons. The normalized spacial score (nSPS) is 12.8. The maximum atomic E-state index is 13.1. The van der Waals surface area contributed by atoms with E-state index in [0.717, 1.165) is 38.9 Å². The fraction of sp³-hybridized carbons (Fsp3) is 0.0943. The third-order valence-corrected chi connectivity index (χ3v) is 11.7. The highest BCUT2D eigenvalue weighted by atomic mass is 16.4. The molecule has 2 N–H and O–H groups in total. The quantitative estimate of drug-likeness (QED) is 0.113. The first-order valence-electron chi connectivity index (χ1n) is 20.2. The number of aliphatic carboxylic acids is 1. The van der Waals surface area contributed by atoms with Crippen LogP contribution >= 0.6 is 0 Å². The van der Waals surface area contributed by atoms with Crippen LogP contribution in [-0.2, 0) is 15.9 Å². The van der Waals surface area contributed by atoms with E-state index in [-0.39, 0.29) is 0 Å². The van der Waals surface area contributed by atoms with E-state index < -0.39 is 28.9 Å². The number of nitrogens with zero attached hydrogens (tertiary/aromatic N) is 4. The van der Waals surface area contributed by atoms with E-state index in [0.29, 0.717) is 22.5 Å². The van der Waals surface area contributed by atoms with Crippen molar-refractivity contribution in [2.45, 2.75) is 23.9 Å². The summed E-state index contributed by atoms with van der Waals surface area (Å²) in [6, 6.07) is 73.8. The lowest BCUT2D eigenvalue weighted by molar-refractivity contribution is -0.141. The number of hydrogen-bond acceptors (Lipinski definition) is 5. The van der Waals surface area contributed by atoms with Gasteiger partial charge >= 0.3 is 5.97 Å². The Labute approximate surface area is 349 Å². The third-order valence-electron chi connectivity index (χ3n) is 11.7. The number of carbonyl (C=O) groups is 1. The molecule has 0 saturated carbocycles. The molecule has 0 bridgehead atoms. The number of fused-ring (bicyclic) bond motifs is 1. The van der Waals surface area contributed by atoms with Gasteiger partial charge in [0.25, 0.3) is 0 Å². The minimum Gasteiger partial charge on any atom is -0.481 e. The van der Waals surface area contributed by atoms with Crippen LogP contribution in [0.15, 0.2) is 218 Å². The summed E-state index contributed by atoms with van der Waals surface area (Å²) in [5, 5.41) is 24.8. The van der Waals surface area contributed by atoms with Gasteiger partial charge in [-0.2, -0.15) is 0 Å². The molecule has 292 valence electrons. The molecule has 7 aromatic carbocycles. The zero-order valence-electron chi connectivity index (χ0n) is 33.1. The van der Waals surface area contributed by atoms with Crippen LogP contribution in [0.5, 0.6) is 0 Å². The smallest absolute Gasteiger partial charge is 0.307 e. The Hall–Kier alpha value is -7.64. The van der Waals surface area contributed by atoms with Crippen LogP contribution in [0.3, 0.4) is 0 Å². The molecule has 0 aliphatic rings. The summed E-state index contributed by atoms with van der Waals surface area (Å²) < 4.78 is 1.93. The standard InChI is InChI=1S/C53H43N5O2/c1-38(51(59)60)48(39-23-9-2-10-24-39)46-37-47(55-52(40-25-11-3-12-26-40,41-27-13-4-14-28-41)42-29-15-5-16-30-42)54-50-49(46)56-57-58(50)53(43-31-17-6-18-32-43,44-33-19-7-20-34-44)45-35-21-8-22-36-45/h2-38,48H,1H3,(H,54,55)(H,59,60). The Morgan fingerprint density at radius 3 is 1.30 bits per heavy atom. The first-order valence-corrected chi connectivity index (χ1v) is 20.2. The average molecular weight is 782 g/mol. The van der Waals surface area contributed by atoms with Crippen molar-refractivity contribution in [1.29, 1.82) is 0 Å². The van der Waals surface area contributed by atoms with Crippen LogP contribution in [0.2, 0.25) is 0 Å². The van der Waals surface area contributed by atoms with Gasteiger partial charge in [-0.05, 0) is 50.6 Å². The zero-order chi connectivity index (χ0) is 40.9. The lowest BCUT2D eigenvalue weighted by Gasteiger charge is -2.38. The van der Waals surface area contributed by atoms with Gasteiger partial charge < -0.3 is 10.4 Å². The highest BCUT2D eigenvalue weighted by molar-refractivity contribution is 5.82. The molecule has 2 aromatic heterocycles. The minimum atomic E-state index is -1.04. The van der Waals surface area contributed by atoms with E-state index in [9.17, 15) is 9.90 Å². The van der Waals surface area contributed by atoms with E-state index in [1.165, 1.54) is 0 Å². The number of pyridine rings is 1. The van der Waals surface area contributed by atoms with E-state index in [1.807, 2.05) is 150 Å². The summed E-state index contributed by atoms with van der Waals surface area (Å²) >= 11 is 0. The molecule has 0 saturated heterocycles. The number of carboxylic acid groups (broad SMARTS) is 1. The van der Waals surface area contributed by atoms with Crippen LogP contribution in [0.4, 0.5) is 5.82 Å². The Morgan fingerprint density at radius 1 is 0.550 bits per heavy atom. The number of hydrogen-bond donors (Lipinski definition) is 2. The molecule has 2 unspecified atom stereocenters. The molecule has 0 amide bonds. The Morgan fingerprint density at radius 2 is 0.917 bits per heavy atom. The SMILES string of the molecule is CC(C(=O)O)C(c1ccccc1)c1cc(NC(c2ccccc2)(c2ccccc2)c2ccccc2)nc2c1nnn2C(c1ccccc1)(c1ccccc1)c1ccccc1. The first kappa shape index (κ1) is 37.9. The van der Waals surface area contributed by atoms with E-state index in [2.05, 4.69) is 78.1 Å². The molecule has 60 heavy (non-hydrogen) atoms. The maximum Gasteiger partial charge on any atom is 0.307 e.